The Bertz CT molecular complexity index is 798. The van der Waals surface area contributed by atoms with Gasteiger partial charge in [0, 0.05) is 10.6 Å². The zero-order valence-electron chi connectivity index (χ0n) is 12.5. The van der Waals surface area contributed by atoms with E-state index < -0.39 is 0 Å². The number of rotatable bonds is 3. The van der Waals surface area contributed by atoms with Gasteiger partial charge in [-0.05, 0) is 36.8 Å². The fraction of sp³-hybridized carbons (Fsp3) is 0.250. The van der Waals surface area contributed by atoms with Gasteiger partial charge in [0.25, 0.3) is 0 Å². The normalized spacial score (nSPS) is 18.0. The molecule has 0 saturated carbocycles. The molecule has 0 radical (unpaired) electrons. The first-order valence-electron chi connectivity index (χ1n) is 7.23. The second kappa shape index (κ2) is 6.25. The van der Waals surface area contributed by atoms with Crippen molar-refractivity contribution >= 4 is 34.0 Å². The van der Waals surface area contributed by atoms with Crippen molar-refractivity contribution in [2.24, 2.45) is 10.1 Å². The lowest BCUT2D eigenvalue weighted by Gasteiger charge is -2.13. The van der Waals surface area contributed by atoms with E-state index in [0.717, 1.165) is 33.7 Å². The number of ether oxygens (including phenoxy) is 2. The number of fused-ring (bicyclic) bond motifs is 1. The molecule has 2 aliphatic heterocycles. The molecule has 118 valence electrons. The molecule has 0 saturated heterocycles. The van der Waals surface area contributed by atoms with Crippen LogP contribution in [0.2, 0.25) is 0 Å². The van der Waals surface area contributed by atoms with Crippen molar-refractivity contribution < 1.29 is 9.47 Å². The van der Waals surface area contributed by atoms with Crippen molar-refractivity contribution in [2.45, 2.75) is 13.5 Å². The van der Waals surface area contributed by atoms with E-state index in [2.05, 4.69) is 34.6 Å². The van der Waals surface area contributed by atoms with Gasteiger partial charge in [-0.1, -0.05) is 17.8 Å². The lowest BCUT2D eigenvalue weighted by molar-refractivity contribution is 0.174. The van der Waals surface area contributed by atoms with Crippen molar-refractivity contribution in [2.75, 3.05) is 12.5 Å². The SMILES string of the molecule is Cc1ccc(C2=NNC(=NCc3ccc4c(c3)OCO4)SC2)s1. The predicted molar refractivity (Wildman–Crippen MR) is 94.9 cm³/mol. The number of thiophene rings is 1. The molecule has 2 aromatic rings. The van der Waals surface area contributed by atoms with Gasteiger partial charge in [0.15, 0.2) is 16.7 Å². The van der Waals surface area contributed by atoms with Crippen molar-refractivity contribution in [3.63, 3.8) is 0 Å². The Kier molecular flexibility index (Phi) is 3.97. The van der Waals surface area contributed by atoms with Crippen LogP contribution in [0, 0.1) is 6.92 Å². The first kappa shape index (κ1) is 14.6. The third-order valence-electron chi connectivity index (χ3n) is 3.50. The predicted octanol–water partition coefficient (Wildman–Crippen LogP) is 3.38. The second-order valence-electron chi connectivity index (χ2n) is 5.18. The van der Waals surface area contributed by atoms with Crippen LogP contribution in [0.1, 0.15) is 15.3 Å². The highest BCUT2D eigenvalue weighted by molar-refractivity contribution is 8.14. The molecule has 0 atom stereocenters. The van der Waals surface area contributed by atoms with Crippen molar-refractivity contribution in [3.05, 3.63) is 45.6 Å². The van der Waals surface area contributed by atoms with Crippen molar-refractivity contribution in [1.29, 1.82) is 0 Å². The number of aryl methyl sites for hydroxylation is 1. The number of amidine groups is 1. The van der Waals surface area contributed by atoms with Crippen LogP contribution in [0.3, 0.4) is 0 Å². The maximum atomic E-state index is 5.38. The minimum atomic E-state index is 0.296. The first-order chi connectivity index (χ1) is 11.3. The molecular formula is C16H15N3O2S2. The highest BCUT2D eigenvalue weighted by Gasteiger charge is 2.15. The maximum absolute atomic E-state index is 5.38. The van der Waals surface area contributed by atoms with Crippen LogP contribution in [-0.2, 0) is 6.54 Å². The van der Waals surface area contributed by atoms with E-state index >= 15 is 0 Å². The molecule has 5 nitrogen and oxygen atoms in total. The molecule has 4 rings (SSSR count). The van der Waals surface area contributed by atoms with Crippen LogP contribution < -0.4 is 14.9 Å². The van der Waals surface area contributed by atoms with E-state index in [1.165, 1.54) is 9.75 Å². The molecule has 0 amide bonds. The fourth-order valence-corrected chi connectivity index (χ4v) is 4.02. The molecule has 0 unspecified atom stereocenters. The average molecular weight is 345 g/mol. The van der Waals surface area contributed by atoms with Crippen LogP contribution in [0.4, 0.5) is 0 Å². The monoisotopic (exact) mass is 345 g/mol. The fourth-order valence-electron chi connectivity index (χ4n) is 2.32. The molecule has 0 fully saturated rings. The van der Waals surface area contributed by atoms with Gasteiger partial charge < -0.3 is 9.47 Å². The summed E-state index contributed by atoms with van der Waals surface area (Å²) in [6, 6.07) is 10.2. The Balaban J connectivity index is 1.42. The van der Waals surface area contributed by atoms with Gasteiger partial charge in [-0.2, -0.15) is 5.10 Å². The quantitative estimate of drug-likeness (QED) is 0.926. The smallest absolute Gasteiger partial charge is 0.231 e. The van der Waals surface area contributed by atoms with Gasteiger partial charge in [0.2, 0.25) is 6.79 Å². The number of hydrogen-bond acceptors (Lipinski definition) is 6. The summed E-state index contributed by atoms with van der Waals surface area (Å²) in [6.07, 6.45) is 0. The summed E-state index contributed by atoms with van der Waals surface area (Å²) >= 11 is 3.45. The number of aliphatic imine (C=N–C) groups is 1. The highest BCUT2D eigenvalue weighted by Crippen LogP contribution is 2.32. The Morgan fingerprint density at radius 1 is 1.22 bits per heavy atom. The molecule has 23 heavy (non-hydrogen) atoms. The largest absolute Gasteiger partial charge is 0.454 e. The van der Waals surface area contributed by atoms with Gasteiger partial charge in [-0.15, -0.1) is 11.3 Å². The third kappa shape index (κ3) is 3.20. The molecule has 3 heterocycles. The Morgan fingerprint density at radius 3 is 2.91 bits per heavy atom. The molecular weight excluding hydrogens is 330 g/mol. The van der Waals surface area contributed by atoms with Gasteiger partial charge in [-0.25, -0.2) is 0 Å². The van der Waals surface area contributed by atoms with Gasteiger partial charge in [0.05, 0.1) is 17.1 Å². The molecule has 0 bridgehead atoms. The van der Waals surface area contributed by atoms with Crippen LogP contribution in [0.25, 0.3) is 0 Å². The van der Waals surface area contributed by atoms with Gasteiger partial charge >= 0.3 is 0 Å². The topological polar surface area (TPSA) is 55.2 Å². The van der Waals surface area contributed by atoms with E-state index in [9.17, 15) is 0 Å². The van der Waals surface area contributed by atoms with E-state index in [4.69, 9.17) is 9.47 Å². The Morgan fingerprint density at radius 2 is 2.13 bits per heavy atom. The summed E-state index contributed by atoms with van der Waals surface area (Å²) in [6.45, 7) is 3.00. The minimum absolute atomic E-state index is 0.296. The van der Waals surface area contributed by atoms with Crippen LogP contribution in [0.15, 0.2) is 40.4 Å². The van der Waals surface area contributed by atoms with Crippen LogP contribution >= 0.6 is 23.1 Å². The number of nitrogens with zero attached hydrogens (tertiary/aromatic N) is 2. The third-order valence-corrected chi connectivity index (χ3v) is 5.46. The van der Waals surface area contributed by atoms with E-state index in [0.29, 0.717) is 13.3 Å². The molecule has 1 aromatic carbocycles. The standard InChI is InChI=1S/C16H15N3O2S2/c1-10-2-5-15(23-10)12-8-22-16(19-18-12)17-7-11-3-4-13-14(6-11)21-9-20-13/h2-6H,7-9H2,1H3,(H,17,19). The summed E-state index contributed by atoms with van der Waals surface area (Å²) < 4.78 is 10.7. The molecule has 7 heteroatoms. The molecule has 0 aliphatic carbocycles. The summed E-state index contributed by atoms with van der Waals surface area (Å²) in [5, 5.41) is 5.29. The summed E-state index contributed by atoms with van der Waals surface area (Å²) in [4.78, 5) is 7.10. The minimum Gasteiger partial charge on any atom is -0.454 e. The van der Waals surface area contributed by atoms with Crippen LogP contribution in [-0.4, -0.2) is 23.4 Å². The summed E-state index contributed by atoms with van der Waals surface area (Å²) in [5.74, 6) is 2.43. The number of hydrogen-bond donors (Lipinski definition) is 1. The number of hydrazone groups is 1. The van der Waals surface area contributed by atoms with E-state index in [1.807, 2.05) is 18.2 Å². The zero-order chi connectivity index (χ0) is 15.6. The zero-order valence-corrected chi connectivity index (χ0v) is 14.2. The van der Waals surface area contributed by atoms with E-state index in [1.54, 1.807) is 23.1 Å². The lowest BCUT2D eigenvalue weighted by atomic mass is 10.2. The molecule has 0 spiro atoms. The van der Waals surface area contributed by atoms with E-state index in [-0.39, 0.29) is 0 Å². The number of nitrogens with one attached hydrogen (secondary N) is 1. The summed E-state index contributed by atoms with van der Waals surface area (Å²) in [7, 11) is 0. The Hall–Kier alpha value is -1.99. The average Bonchev–Trinajstić information content (AvgIpc) is 3.21. The second-order valence-corrected chi connectivity index (χ2v) is 7.43. The molecule has 1 N–H and O–H groups in total. The number of thioether (sulfide) groups is 1. The van der Waals surface area contributed by atoms with Crippen molar-refractivity contribution in [3.8, 4) is 11.5 Å². The number of benzene rings is 1. The molecule has 1 aromatic heterocycles. The van der Waals surface area contributed by atoms with Gasteiger partial charge in [-0.3, -0.25) is 10.4 Å². The molecule has 2 aliphatic rings. The first-order valence-corrected chi connectivity index (χ1v) is 9.03. The van der Waals surface area contributed by atoms with Crippen LogP contribution in [0.5, 0.6) is 11.5 Å². The lowest BCUT2D eigenvalue weighted by Crippen LogP contribution is -2.25. The maximum Gasteiger partial charge on any atom is 0.231 e. The summed E-state index contributed by atoms with van der Waals surface area (Å²) in [5.41, 5.74) is 5.22. The highest BCUT2D eigenvalue weighted by atomic mass is 32.2. The Labute approximate surface area is 142 Å². The van der Waals surface area contributed by atoms with Gasteiger partial charge in [0.1, 0.15) is 0 Å². The van der Waals surface area contributed by atoms with Crippen molar-refractivity contribution in [1.82, 2.24) is 5.43 Å².